The third-order valence-corrected chi connectivity index (χ3v) is 4.06. The number of hydrogen-bond acceptors (Lipinski definition) is 4. The summed E-state index contributed by atoms with van der Waals surface area (Å²) in [6.45, 7) is 3.75. The zero-order valence-corrected chi connectivity index (χ0v) is 13.5. The van der Waals surface area contributed by atoms with Gasteiger partial charge in [-0.2, -0.15) is 0 Å². The van der Waals surface area contributed by atoms with Crippen molar-refractivity contribution in [2.45, 2.75) is 38.9 Å². The summed E-state index contributed by atoms with van der Waals surface area (Å²) in [5.41, 5.74) is 7.67. The molecule has 0 aliphatic carbocycles. The minimum atomic E-state index is -0.396. The first-order chi connectivity index (χ1) is 11.4. The topological polar surface area (TPSA) is 64.7 Å². The number of aromatic hydroxyl groups is 1. The van der Waals surface area contributed by atoms with Crippen LogP contribution in [0, 0.1) is 11.6 Å². The van der Waals surface area contributed by atoms with Gasteiger partial charge < -0.3 is 20.3 Å². The van der Waals surface area contributed by atoms with Gasteiger partial charge in [0.2, 0.25) is 0 Å². The first-order valence-electron chi connectivity index (χ1n) is 7.77. The second-order valence-electron chi connectivity index (χ2n) is 6.08. The number of rotatable bonds is 0. The fourth-order valence-corrected chi connectivity index (χ4v) is 2.93. The molecule has 0 fully saturated rings. The Balaban J connectivity index is 0.000000141. The summed E-state index contributed by atoms with van der Waals surface area (Å²) < 4.78 is 36.5. The van der Waals surface area contributed by atoms with E-state index in [1.165, 1.54) is 18.2 Å². The van der Waals surface area contributed by atoms with Crippen LogP contribution in [0.1, 0.15) is 25.0 Å². The van der Waals surface area contributed by atoms with E-state index >= 15 is 0 Å². The molecule has 2 unspecified atom stereocenters. The highest BCUT2D eigenvalue weighted by Gasteiger charge is 2.25. The third-order valence-electron chi connectivity index (χ3n) is 4.06. The molecule has 2 aliphatic heterocycles. The number of phenols is 1. The van der Waals surface area contributed by atoms with Gasteiger partial charge >= 0.3 is 0 Å². The highest BCUT2D eigenvalue weighted by molar-refractivity contribution is 5.56. The molecule has 0 amide bonds. The number of halogens is 2. The summed E-state index contributed by atoms with van der Waals surface area (Å²) in [5, 5.41) is 9.33. The Morgan fingerprint density at radius 1 is 0.917 bits per heavy atom. The lowest BCUT2D eigenvalue weighted by molar-refractivity contribution is 0.244. The molecule has 2 aromatic carbocycles. The van der Waals surface area contributed by atoms with Gasteiger partial charge in [-0.3, -0.25) is 0 Å². The van der Waals surface area contributed by atoms with Crippen LogP contribution in [0.25, 0.3) is 0 Å². The molecule has 3 N–H and O–H groups in total. The Kier molecular flexibility index (Phi) is 4.22. The van der Waals surface area contributed by atoms with Gasteiger partial charge in [-0.15, -0.1) is 0 Å². The van der Waals surface area contributed by atoms with Crippen molar-refractivity contribution >= 4 is 5.69 Å². The number of nitrogens with two attached hydrogens (primary N) is 1. The molecule has 2 atom stereocenters. The van der Waals surface area contributed by atoms with Crippen molar-refractivity contribution in [3.05, 3.63) is 47.0 Å². The molecule has 4 nitrogen and oxygen atoms in total. The SMILES string of the molecule is CC1Cc2c(N)ccc(F)c2O1.CC1Cc2c(O)ccc(F)c2O1. The molecule has 0 radical (unpaired) electrons. The van der Waals surface area contributed by atoms with E-state index in [0.717, 1.165) is 5.56 Å². The normalized spacial score (nSPS) is 20.3. The molecule has 2 aliphatic rings. The fraction of sp³-hybridized carbons (Fsp3) is 0.333. The lowest BCUT2D eigenvalue weighted by atomic mass is 10.1. The first kappa shape index (κ1) is 16.4. The number of fused-ring (bicyclic) bond motifs is 2. The summed E-state index contributed by atoms with van der Waals surface area (Å²) in [6.07, 6.45) is 1.29. The second-order valence-corrected chi connectivity index (χ2v) is 6.08. The van der Waals surface area contributed by atoms with Gasteiger partial charge in [-0.1, -0.05) is 0 Å². The van der Waals surface area contributed by atoms with Crippen molar-refractivity contribution in [1.82, 2.24) is 0 Å². The summed E-state index contributed by atoms with van der Waals surface area (Å²) in [4.78, 5) is 0. The Morgan fingerprint density at radius 3 is 1.96 bits per heavy atom. The number of phenolic OH excluding ortho intramolecular Hbond substituents is 1. The molecule has 0 saturated heterocycles. The number of hydrogen-bond donors (Lipinski definition) is 2. The van der Waals surface area contributed by atoms with Crippen molar-refractivity contribution in [2.75, 3.05) is 5.73 Å². The molecule has 0 bridgehead atoms. The number of anilines is 1. The molecule has 4 rings (SSSR count). The van der Waals surface area contributed by atoms with E-state index < -0.39 is 5.82 Å². The van der Waals surface area contributed by atoms with Gasteiger partial charge in [0, 0.05) is 29.7 Å². The van der Waals surface area contributed by atoms with E-state index in [9.17, 15) is 13.9 Å². The molecule has 2 heterocycles. The van der Waals surface area contributed by atoms with E-state index in [1.807, 2.05) is 13.8 Å². The van der Waals surface area contributed by atoms with Crippen molar-refractivity contribution in [3.63, 3.8) is 0 Å². The highest BCUT2D eigenvalue weighted by Crippen LogP contribution is 2.37. The summed E-state index contributed by atoms with van der Waals surface area (Å²) in [5.74, 6) is -0.0450. The maximum absolute atomic E-state index is 13.1. The lowest BCUT2D eigenvalue weighted by Gasteiger charge is -2.03. The molecule has 2 aromatic rings. The average molecular weight is 335 g/mol. The van der Waals surface area contributed by atoms with E-state index in [-0.39, 0.29) is 29.5 Å². The largest absolute Gasteiger partial charge is 0.508 e. The van der Waals surface area contributed by atoms with Gasteiger partial charge in [-0.25, -0.2) is 8.78 Å². The van der Waals surface area contributed by atoms with Crippen molar-refractivity contribution in [2.24, 2.45) is 0 Å². The van der Waals surface area contributed by atoms with Crippen LogP contribution in [0.2, 0.25) is 0 Å². The van der Waals surface area contributed by atoms with Crippen LogP contribution in [0.4, 0.5) is 14.5 Å². The van der Waals surface area contributed by atoms with E-state index in [2.05, 4.69) is 0 Å². The monoisotopic (exact) mass is 335 g/mol. The molecule has 0 saturated carbocycles. The number of nitrogen functional groups attached to an aromatic ring is 1. The van der Waals surface area contributed by atoms with Crippen molar-refractivity contribution < 1.29 is 23.4 Å². The fourth-order valence-electron chi connectivity index (χ4n) is 2.93. The predicted octanol–water partition coefficient (Wildman–Crippen LogP) is 3.59. The van der Waals surface area contributed by atoms with Gasteiger partial charge in [0.05, 0.1) is 0 Å². The van der Waals surface area contributed by atoms with E-state index in [4.69, 9.17) is 15.2 Å². The van der Waals surface area contributed by atoms with E-state index in [1.54, 1.807) is 6.07 Å². The predicted molar refractivity (Wildman–Crippen MR) is 86.5 cm³/mol. The maximum Gasteiger partial charge on any atom is 0.165 e. The standard InChI is InChI=1S/C9H10FNO.C9H9FO2/c2*1-5-4-6-8(11)3-2-7(10)9(6)12-5/h2-3,5H,4,11H2,1H3;2-3,5,11H,4H2,1H3. The van der Waals surface area contributed by atoms with Crippen LogP contribution in [-0.2, 0) is 12.8 Å². The Morgan fingerprint density at radius 2 is 1.42 bits per heavy atom. The van der Waals surface area contributed by atoms with Crippen LogP contribution in [0.5, 0.6) is 17.2 Å². The van der Waals surface area contributed by atoms with Crippen LogP contribution >= 0.6 is 0 Å². The van der Waals surface area contributed by atoms with Gasteiger partial charge in [0.15, 0.2) is 23.1 Å². The molecule has 6 heteroatoms. The highest BCUT2D eigenvalue weighted by atomic mass is 19.1. The Labute approximate surface area is 138 Å². The molecule has 24 heavy (non-hydrogen) atoms. The Bertz CT molecular complexity index is 652. The van der Waals surface area contributed by atoms with Crippen molar-refractivity contribution in [1.29, 1.82) is 0 Å². The second kappa shape index (κ2) is 6.19. The smallest absolute Gasteiger partial charge is 0.165 e. The molecule has 0 spiro atoms. The van der Waals surface area contributed by atoms with Crippen LogP contribution in [0.3, 0.4) is 0 Å². The zero-order chi connectivity index (χ0) is 17.4. The van der Waals surface area contributed by atoms with Crippen LogP contribution < -0.4 is 15.2 Å². The summed E-state index contributed by atoms with van der Waals surface area (Å²) >= 11 is 0. The number of benzene rings is 2. The zero-order valence-electron chi connectivity index (χ0n) is 13.5. The van der Waals surface area contributed by atoms with Gasteiger partial charge in [-0.05, 0) is 38.1 Å². The summed E-state index contributed by atoms with van der Waals surface area (Å²) in [7, 11) is 0. The summed E-state index contributed by atoms with van der Waals surface area (Å²) in [6, 6.07) is 5.49. The number of ether oxygens (including phenoxy) is 2. The minimum Gasteiger partial charge on any atom is -0.508 e. The lowest BCUT2D eigenvalue weighted by Crippen LogP contribution is -2.05. The van der Waals surface area contributed by atoms with Crippen LogP contribution in [0.15, 0.2) is 24.3 Å². The molecule has 0 aromatic heterocycles. The van der Waals surface area contributed by atoms with E-state index in [0.29, 0.717) is 29.8 Å². The first-order valence-corrected chi connectivity index (χ1v) is 7.77. The average Bonchev–Trinajstić information content (AvgIpc) is 3.12. The third kappa shape index (κ3) is 2.96. The minimum absolute atomic E-state index is 0.0391. The Hall–Kier alpha value is -2.50. The molecular formula is C18H19F2NO3. The van der Waals surface area contributed by atoms with Crippen molar-refractivity contribution in [3.8, 4) is 17.2 Å². The van der Waals surface area contributed by atoms with Gasteiger partial charge in [0.1, 0.15) is 18.0 Å². The quantitative estimate of drug-likeness (QED) is 0.722. The van der Waals surface area contributed by atoms with Crippen LogP contribution in [-0.4, -0.2) is 17.3 Å². The molecular weight excluding hydrogens is 316 g/mol. The maximum atomic E-state index is 13.1. The van der Waals surface area contributed by atoms with Gasteiger partial charge in [0.25, 0.3) is 0 Å². The molecule has 128 valence electrons.